The van der Waals surface area contributed by atoms with E-state index in [1.165, 1.54) is 25.0 Å². The van der Waals surface area contributed by atoms with E-state index in [-0.39, 0.29) is 5.91 Å². The van der Waals surface area contributed by atoms with Gasteiger partial charge < -0.3 is 26.2 Å². The molecule has 38 heavy (non-hydrogen) atoms. The van der Waals surface area contributed by atoms with E-state index in [2.05, 4.69) is 38.5 Å². The molecule has 2 aliphatic rings. The number of piperidine rings is 1. The van der Waals surface area contributed by atoms with Crippen LogP contribution in [0.25, 0.3) is 0 Å². The molecule has 0 radical (unpaired) electrons. The predicted molar refractivity (Wildman–Crippen MR) is 163 cm³/mol. The van der Waals surface area contributed by atoms with Crippen molar-refractivity contribution in [1.29, 1.82) is 0 Å². The van der Waals surface area contributed by atoms with Crippen molar-refractivity contribution in [3.05, 3.63) is 75.5 Å². The molecule has 4 rings (SSSR count). The Morgan fingerprint density at radius 2 is 1.97 bits per heavy atom. The summed E-state index contributed by atoms with van der Waals surface area (Å²) in [5, 5.41) is 15.2. The Morgan fingerprint density at radius 1 is 1.13 bits per heavy atom. The molecule has 2 heterocycles. The number of amides is 1. The van der Waals surface area contributed by atoms with Crippen LogP contribution in [0, 0.1) is 0 Å². The van der Waals surface area contributed by atoms with Gasteiger partial charge in [0, 0.05) is 59.6 Å². The van der Waals surface area contributed by atoms with Crippen molar-refractivity contribution in [3.8, 4) is 0 Å². The molecular weight excluding hydrogens is 537 g/mol. The van der Waals surface area contributed by atoms with Crippen LogP contribution in [0.4, 0.5) is 5.69 Å². The number of carbonyl (C=O) groups is 1. The highest BCUT2D eigenvalue weighted by molar-refractivity contribution is 7.98. The fraction of sp³-hybridized carbons (Fsp3) is 0.483. The third kappa shape index (κ3) is 8.82. The van der Waals surface area contributed by atoms with Crippen molar-refractivity contribution in [1.82, 2.24) is 20.9 Å². The van der Waals surface area contributed by atoms with Gasteiger partial charge in [0.05, 0.1) is 0 Å². The third-order valence-electron chi connectivity index (χ3n) is 7.09. The van der Waals surface area contributed by atoms with Crippen LogP contribution in [0.5, 0.6) is 0 Å². The number of halogens is 2. The summed E-state index contributed by atoms with van der Waals surface area (Å²) in [5.41, 5.74) is 2.58. The van der Waals surface area contributed by atoms with E-state index in [4.69, 9.17) is 23.2 Å². The number of thioether (sulfide) groups is 1. The maximum absolute atomic E-state index is 12.7. The number of nitrogens with zero attached hydrogens (tertiary/aromatic N) is 1. The van der Waals surface area contributed by atoms with Gasteiger partial charge in [0.15, 0.2) is 0 Å². The van der Waals surface area contributed by atoms with Crippen LogP contribution in [0.2, 0.25) is 10.0 Å². The number of rotatable bonds is 11. The van der Waals surface area contributed by atoms with Crippen molar-refractivity contribution in [2.24, 2.45) is 0 Å². The van der Waals surface area contributed by atoms with Crippen molar-refractivity contribution >= 4 is 46.6 Å². The van der Waals surface area contributed by atoms with Gasteiger partial charge in [-0.1, -0.05) is 35.7 Å². The molecule has 1 unspecified atom stereocenters. The highest BCUT2D eigenvalue weighted by Crippen LogP contribution is 2.22. The Labute approximate surface area is 241 Å². The first-order valence-corrected chi connectivity index (χ1v) is 15.7. The van der Waals surface area contributed by atoms with Gasteiger partial charge in [-0.2, -0.15) is 11.8 Å². The maximum Gasteiger partial charge on any atom is 0.251 e. The van der Waals surface area contributed by atoms with Gasteiger partial charge in [-0.15, -0.1) is 0 Å². The topological polar surface area (TPSA) is 68.4 Å². The van der Waals surface area contributed by atoms with E-state index in [0.29, 0.717) is 40.7 Å². The summed E-state index contributed by atoms with van der Waals surface area (Å²) in [6, 6.07) is 14.0. The highest BCUT2D eigenvalue weighted by atomic mass is 35.5. The maximum atomic E-state index is 12.7. The average Bonchev–Trinajstić information content (AvgIpc) is 2.94. The van der Waals surface area contributed by atoms with Crippen molar-refractivity contribution in [2.45, 2.75) is 44.2 Å². The first-order chi connectivity index (χ1) is 18.5. The lowest BCUT2D eigenvalue weighted by Crippen LogP contribution is -2.51. The summed E-state index contributed by atoms with van der Waals surface area (Å²) in [6.07, 6.45) is 10.0. The number of hydrogen-bond donors (Lipinski definition) is 4. The monoisotopic (exact) mass is 575 g/mol. The third-order valence-corrected chi connectivity index (χ3v) is 8.32. The van der Waals surface area contributed by atoms with Crippen molar-refractivity contribution in [2.75, 3.05) is 50.0 Å². The number of benzene rings is 2. The van der Waals surface area contributed by atoms with Gasteiger partial charge in [0.1, 0.15) is 5.82 Å². The minimum absolute atomic E-state index is 0.0949. The van der Waals surface area contributed by atoms with E-state index in [1.807, 2.05) is 48.2 Å². The zero-order chi connectivity index (χ0) is 26.7. The Hall–Kier alpha value is -1.90. The molecule has 0 saturated carbocycles. The average molecular weight is 577 g/mol. The lowest BCUT2D eigenvalue weighted by Gasteiger charge is -2.38. The van der Waals surface area contributed by atoms with E-state index in [1.54, 1.807) is 6.07 Å². The number of piperazine rings is 1. The zero-order valence-corrected chi connectivity index (χ0v) is 24.4. The molecule has 0 aliphatic carbocycles. The van der Waals surface area contributed by atoms with Gasteiger partial charge in [-0.25, -0.2) is 0 Å². The van der Waals surface area contributed by atoms with Crippen LogP contribution in [0.1, 0.15) is 41.6 Å². The number of nitrogens with one attached hydrogen (secondary N) is 4. The van der Waals surface area contributed by atoms with Crippen LogP contribution < -0.4 is 21.3 Å². The van der Waals surface area contributed by atoms with Crippen LogP contribution >= 0.6 is 35.0 Å². The molecule has 2 aromatic carbocycles. The summed E-state index contributed by atoms with van der Waals surface area (Å²) in [5.74, 6) is 2.22. The fourth-order valence-electron chi connectivity index (χ4n) is 4.93. The van der Waals surface area contributed by atoms with Crippen molar-refractivity contribution < 1.29 is 4.79 Å². The molecular formula is C29H39Cl2N5OS. The van der Waals surface area contributed by atoms with Crippen LogP contribution in [-0.4, -0.2) is 67.6 Å². The number of hydrogen-bond acceptors (Lipinski definition) is 6. The summed E-state index contributed by atoms with van der Waals surface area (Å²) < 4.78 is 0. The van der Waals surface area contributed by atoms with Gasteiger partial charge in [-0.3, -0.25) is 4.79 Å². The quantitative estimate of drug-likeness (QED) is 0.288. The van der Waals surface area contributed by atoms with E-state index in [9.17, 15) is 4.79 Å². The standard InChI is InChI=1S/C29H39Cl2N5OS/c1-38-17-12-26-20-36(16-15-33-26)28(19-25-4-2-3-13-32-25)35-24-9-6-22(7-10-24)29(37)34-14-11-21-5-8-23(30)18-27(21)31/h5-10,18-19,25-26,32-33,35H,2-4,11-17,20H2,1H3,(H,34,37)/t25?,26-/m0/s1. The lowest BCUT2D eigenvalue weighted by molar-refractivity contribution is 0.0954. The molecule has 2 aliphatic heterocycles. The molecule has 9 heteroatoms. The number of carbonyl (C=O) groups excluding carboxylic acids is 1. The lowest BCUT2D eigenvalue weighted by atomic mass is 10.0. The molecule has 0 bridgehead atoms. The van der Waals surface area contributed by atoms with Crippen LogP contribution in [0.15, 0.2) is 54.4 Å². The van der Waals surface area contributed by atoms with E-state index < -0.39 is 0 Å². The number of anilines is 1. The summed E-state index contributed by atoms with van der Waals surface area (Å²) in [6.45, 7) is 4.52. The Kier molecular flexibility index (Phi) is 11.5. The molecule has 206 valence electrons. The van der Waals surface area contributed by atoms with Gasteiger partial charge >= 0.3 is 0 Å². The first-order valence-electron chi connectivity index (χ1n) is 13.5. The molecule has 2 aromatic rings. The smallest absolute Gasteiger partial charge is 0.251 e. The Bertz CT molecular complexity index is 1080. The van der Waals surface area contributed by atoms with Crippen molar-refractivity contribution in [3.63, 3.8) is 0 Å². The second kappa shape index (κ2) is 15.0. The minimum atomic E-state index is -0.0949. The molecule has 2 fully saturated rings. The molecule has 0 aromatic heterocycles. The molecule has 2 atom stereocenters. The molecule has 2 saturated heterocycles. The summed E-state index contributed by atoms with van der Waals surface area (Å²) in [4.78, 5) is 15.2. The second-order valence-corrected chi connectivity index (χ2v) is 11.8. The fourth-order valence-corrected chi connectivity index (χ4v) is 5.95. The molecule has 6 nitrogen and oxygen atoms in total. The predicted octanol–water partition coefficient (Wildman–Crippen LogP) is 5.39. The van der Waals surface area contributed by atoms with Crippen LogP contribution in [-0.2, 0) is 6.42 Å². The Morgan fingerprint density at radius 3 is 2.71 bits per heavy atom. The van der Waals surface area contributed by atoms with Gasteiger partial charge in [0.25, 0.3) is 5.91 Å². The molecule has 4 N–H and O–H groups in total. The largest absolute Gasteiger partial charge is 0.356 e. The van der Waals surface area contributed by atoms with E-state index >= 15 is 0 Å². The summed E-state index contributed by atoms with van der Waals surface area (Å²) >= 11 is 14.1. The molecule has 1 amide bonds. The summed E-state index contributed by atoms with van der Waals surface area (Å²) in [7, 11) is 0. The Balaban J connectivity index is 1.37. The SMILES string of the molecule is CSCC[C@H]1CN(C(=CC2CCCCN2)Nc2ccc(C(=O)NCCc3ccc(Cl)cc3Cl)cc2)CCN1. The normalized spacial score (nSPS) is 20.3. The first kappa shape index (κ1) is 29.1. The second-order valence-electron chi connectivity index (χ2n) is 9.93. The van der Waals surface area contributed by atoms with Gasteiger partial charge in [0.2, 0.25) is 0 Å². The van der Waals surface area contributed by atoms with E-state index in [0.717, 1.165) is 49.7 Å². The molecule has 0 spiro atoms. The van der Waals surface area contributed by atoms with Gasteiger partial charge in [-0.05, 0) is 92.3 Å². The minimum Gasteiger partial charge on any atom is -0.356 e. The highest BCUT2D eigenvalue weighted by Gasteiger charge is 2.22. The zero-order valence-electron chi connectivity index (χ0n) is 22.1. The van der Waals surface area contributed by atoms with Crippen LogP contribution in [0.3, 0.4) is 0 Å².